The van der Waals surface area contributed by atoms with Crippen LogP contribution in [0, 0.1) is 24.0 Å². The highest BCUT2D eigenvalue weighted by atomic mass is 19.1. The van der Waals surface area contributed by atoms with Gasteiger partial charge >= 0.3 is 0 Å². The van der Waals surface area contributed by atoms with Crippen molar-refractivity contribution in [1.29, 1.82) is 5.41 Å². The molecule has 2 heterocycles. The lowest BCUT2D eigenvalue weighted by Gasteiger charge is -2.37. The van der Waals surface area contributed by atoms with Crippen LogP contribution in [0.1, 0.15) is 11.1 Å². The maximum Gasteiger partial charge on any atom is 0.149 e. The van der Waals surface area contributed by atoms with Gasteiger partial charge in [0.25, 0.3) is 0 Å². The number of halogens is 2. The van der Waals surface area contributed by atoms with Crippen molar-refractivity contribution in [2.75, 3.05) is 16.5 Å². The molecule has 1 aliphatic heterocycles. The Morgan fingerprint density at radius 2 is 1.84 bits per heavy atom. The molecule has 3 aromatic rings. The van der Waals surface area contributed by atoms with Crippen LogP contribution in [0.4, 0.5) is 26.0 Å². The summed E-state index contributed by atoms with van der Waals surface area (Å²) in [5.74, 6) is -0.519. The van der Waals surface area contributed by atoms with Crippen molar-refractivity contribution in [3.8, 4) is 0 Å². The van der Waals surface area contributed by atoms with Gasteiger partial charge in [-0.3, -0.25) is 10.5 Å². The molecule has 4 rings (SSSR count). The number of nitrogens with zero attached hydrogens (tertiary/aromatic N) is 3. The summed E-state index contributed by atoms with van der Waals surface area (Å²) < 4.78 is 27.6. The summed E-state index contributed by atoms with van der Waals surface area (Å²) in [4.78, 5) is 3.40. The van der Waals surface area contributed by atoms with Gasteiger partial charge in [0.2, 0.25) is 0 Å². The van der Waals surface area contributed by atoms with Crippen molar-refractivity contribution in [2.45, 2.75) is 6.92 Å². The van der Waals surface area contributed by atoms with E-state index in [1.54, 1.807) is 9.80 Å². The number of hydrogen-bond donors (Lipinski definition) is 2. The summed E-state index contributed by atoms with van der Waals surface area (Å²) >= 11 is 0. The lowest BCUT2D eigenvalue weighted by atomic mass is 10.1. The third kappa shape index (κ3) is 2.53. The highest BCUT2D eigenvalue weighted by molar-refractivity contribution is 6.13. The molecule has 0 fully saturated rings. The van der Waals surface area contributed by atoms with E-state index in [0.29, 0.717) is 11.4 Å². The van der Waals surface area contributed by atoms with E-state index < -0.39 is 11.6 Å². The van der Waals surface area contributed by atoms with E-state index in [9.17, 15) is 8.78 Å². The Morgan fingerprint density at radius 3 is 2.56 bits per heavy atom. The van der Waals surface area contributed by atoms with Crippen LogP contribution in [0.5, 0.6) is 0 Å². The molecule has 0 saturated heterocycles. The summed E-state index contributed by atoms with van der Waals surface area (Å²) in [6.45, 7) is 2.19. The fourth-order valence-electron chi connectivity index (χ4n) is 2.92. The first kappa shape index (κ1) is 15.3. The zero-order valence-electron chi connectivity index (χ0n) is 13.4. The van der Waals surface area contributed by atoms with Gasteiger partial charge in [-0.2, -0.15) is 5.10 Å². The van der Waals surface area contributed by atoms with Gasteiger partial charge < -0.3 is 9.80 Å². The predicted molar refractivity (Wildman–Crippen MR) is 92.4 cm³/mol. The quantitative estimate of drug-likeness (QED) is 0.743. The molecular weight excluding hydrogens is 324 g/mol. The first-order chi connectivity index (χ1) is 12.0. The van der Waals surface area contributed by atoms with Gasteiger partial charge in [0.15, 0.2) is 0 Å². The lowest BCUT2D eigenvalue weighted by molar-refractivity contribution is 0.581. The van der Waals surface area contributed by atoms with Crippen molar-refractivity contribution in [2.24, 2.45) is 0 Å². The minimum absolute atomic E-state index is 0.208. The highest BCUT2D eigenvalue weighted by Gasteiger charge is 2.31. The number of benzene rings is 2. The van der Waals surface area contributed by atoms with Gasteiger partial charge in [0.05, 0.1) is 17.4 Å². The van der Waals surface area contributed by atoms with Crippen molar-refractivity contribution in [3.63, 3.8) is 0 Å². The molecule has 25 heavy (non-hydrogen) atoms. The van der Waals surface area contributed by atoms with Crippen LogP contribution in [0.2, 0.25) is 0 Å². The number of aromatic nitrogens is 2. The van der Waals surface area contributed by atoms with Crippen molar-refractivity contribution >= 4 is 23.0 Å². The number of anilines is 3. The first-order valence-electron chi connectivity index (χ1n) is 7.73. The second-order valence-corrected chi connectivity index (χ2v) is 5.91. The summed E-state index contributed by atoms with van der Waals surface area (Å²) in [7, 11) is 0. The average molecular weight is 339 g/mol. The minimum atomic E-state index is -0.669. The van der Waals surface area contributed by atoms with Gasteiger partial charge in [-0.25, -0.2) is 8.78 Å². The smallest absolute Gasteiger partial charge is 0.149 e. The van der Waals surface area contributed by atoms with Crippen LogP contribution >= 0.6 is 0 Å². The monoisotopic (exact) mass is 339 g/mol. The molecule has 0 atom stereocenters. The molecular formula is C18H15F2N5. The molecule has 0 bridgehead atoms. The average Bonchev–Trinajstić information content (AvgIpc) is 3.07. The summed E-state index contributed by atoms with van der Waals surface area (Å²) in [5, 5.41) is 15.3. The van der Waals surface area contributed by atoms with Crippen LogP contribution in [0.25, 0.3) is 0 Å². The van der Waals surface area contributed by atoms with Gasteiger partial charge in [0.1, 0.15) is 30.0 Å². The largest absolute Gasteiger partial charge is 0.308 e. The standard InChI is InChI=1S/C18H15F2N5/c1-11-2-5-13(6-3-11)24-10-25(16-7-4-12(19)8-15(16)20)18-14(17(24)21)9-22-23-18/h2-9,21H,10H2,1H3,(H,22,23). The topological polar surface area (TPSA) is 59.0 Å². The number of hydrogen-bond acceptors (Lipinski definition) is 3. The maximum atomic E-state index is 14.3. The van der Waals surface area contributed by atoms with E-state index in [2.05, 4.69) is 10.2 Å². The number of H-pyrrole nitrogens is 1. The van der Waals surface area contributed by atoms with Crippen LogP contribution in [0.3, 0.4) is 0 Å². The first-order valence-corrected chi connectivity index (χ1v) is 7.73. The number of aryl methyl sites for hydroxylation is 1. The number of nitrogens with one attached hydrogen (secondary N) is 2. The van der Waals surface area contributed by atoms with Crippen LogP contribution in [-0.2, 0) is 0 Å². The number of aromatic amines is 1. The molecule has 0 spiro atoms. The molecule has 0 radical (unpaired) electrons. The molecule has 7 heteroatoms. The predicted octanol–water partition coefficient (Wildman–Crippen LogP) is 3.94. The Balaban J connectivity index is 1.81. The summed E-state index contributed by atoms with van der Waals surface area (Å²) in [6, 6.07) is 11.2. The zero-order chi connectivity index (χ0) is 17.6. The van der Waals surface area contributed by atoms with E-state index in [1.165, 1.54) is 18.3 Å². The fraction of sp³-hybridized carbons (Fsp3) is 0.111. The molecule has 0 amide bonds. The summed E-state index contributed by atoms with van der Waals surface area (Å²) in [6.07, 6.45) is 1.53. The normalized spacial score (nSPS) is 14.0. The Labute approximate surface area is 143 Å². The number of rotatable bonds is 2. The molecule has 2 aromatic carbocycles. The van der Waals surface area contributed by atoms with E-state index in [-0.39, 0.29) is 18.2 Å². The van der Waals surface area contributed by atoms with Gasteiger partial charge in [-0.1, -0.05) is 17.7 Å². The lowest BCUT2D eigenvalue weighted by Crippen LogP contribution is -2.45. The molecule has 2 N–H and O–H groups in total. The molecule has 1 aromatic heterocycles. The van der Waals surface area contributed by atoms with Gasteiger partial charge in [0, 0.05) is 11.8 Å². The van der Waals surface area contributed by atoms with Gasteiger partial charge in [-0.05, 0) is 31.2 Å². The van der Waals surface area contributed by atoms with E-state index in [1.807, 2.05) is 31.2 Å². The molecule has 0 unspecified atom stereocenters. The Hall–Kier alpha value is -3.22. The van der Waals surface area contributed by atoms with Crippen LogP contribution in [-0.4, -0.2) is 22.7 Å². The van der Waals surface area contributed by atoms with Crippen molar-refractivity contribution in [1.82, 2.24) is 10.2 Å². The Kier molecular flexibility index (Phi) is 3.49. The number of amidine groups is 1. The van der Waals surface area contributed by atoms with Crippen LogP contribution in [0.15, 0.2) is 48.7 Å². The molecule has 0 aliphatic carbocycles. The molecule has 1 aliphatic rings. The van der Waals surface area contributed by atoms with E-state index in [0.717, 1.165) is 17.3 Å². The SMILES string of the molecule is Cc1ccc(N2CN(c3ccc(F)cc3F)c3[nH]ncc3C2=N)cc1. The summed E-state index contributed by atoms with van der Waals surface area (Å²) in [5.41, 5.74) is 2.69. The fourth-order valence-corrected chi connectivity index (χ4v) is 2.92. The van der Waals surface area contributed by atoms with E-state index in [4.69, 9.17) is 5.41 Å². The van der Waals surface area contributed by atoms with Gasteiger partial charge in [-0.15, -0.1) is 0 Å². The maximum absolute atomic E-state index is 14.3. The number of fused-ring (bicyclic) bond motifs is 1. The van der Waals surface area contributed by atoms with E-state index >= 15 is 0 Å². The minimum Gasteiger partial charge on any atom is -0.308 e. The molecule has 126 valence electrons. The Bertz CT molecular complexity index is 948. The second kappa shape index (κ2) is 5.70. The van der Waals surface area contributed by atoms with Crippen molar-refractivity contribution in [3.05, 3.63) is 71.4 Å². The Morgan fingerprint density at radius 1 is 1.08 bits per heavy atom. The third-order valence-corrected chi connectivity index (χ3v) is 4.24. The second-order valence-electron chi connectivity index (χ2n) is 5.91. The molecule has 0 saturated carbocycles. The molecule has 5 nitrogen and oxygen atoms in total. The zero-order valence-corrected chi connectivity index (χ0v) is 13.4. The van der Waals surface area contributed by atoms with Crippen LogP contribution < -0.4 is 9.80 Å². The highest BCUT2D eigenvalue weighted by Crippen LogP contribution is 2.35. The van der Waals surface area contributed by atoms with Crippen molar-refractivity contribution < 1.29 is 8.78 Å². The third-order valence-electron chi connectivity index (χ3n) is 4.24.